The number of nitrogens with two attached hydrogens (primary N) is 1. The maximum absolute atomic E-state index is 11.9. The standard InChI is InChI=1S/C17H18N2O3S/c1-22-15-8-2-12(3-9-15)10-23-11-16(20)19-14-6-4-13(5-7-14)17(18)21/h2-9H,10-11H2,1H3,(H2,18,21)(H,19,20). The molecule has 2 aromatic carbocycles. The van der Waals surface area contributed by atoms with Gasteiger partial charge in [-0.15, -0.1) is 11.8 Å². The second-order valence-electron chi connectivity index (χ2n) is 4.83. The van der Waals surface area contributed by atoms with E-state index < -0.39 is 5.91 Å². The minimum Gasteiger partial charge on any atom is -0.497 e. The minimum atomic E-state index is -0.488. The summed E-state index contributed by atoms with van der Waals surface area (Å²) in [5.41, 5.74) is 7.36. The molecule has 2 amide bonds. The van der Waals surface area contributed by atoms with Crippen LogP contribution in [0.3, 0.4) is 0 Å². The summed E-state index contributed by atoms with van der Waals surface area (Å²) in [6, 6.07) is 14.2. The van der Waals surface area contributed by atoms with Crippen molar-refractivity contribution in [1.82, 2.24) is 0 Å². The first-order valence-electron chi connectivity index (χ1n) is 6.99. The van der Waals surface area contributed by atoms with Crippen LogP contribution in [-0.2, 0) is 10.5 Å². The molecule has 0 spiro atoms. The van der Waals surface area contributed by atoms with E-state index in [1.165, 1.54) is 11.8 Å². The van der Waals surface area contributed by atoms with Crippen molar-refractivity contribution in [2.75, 3.05) is 18.2 Å². The van der Waals surface area contributed by atoms with Crippen LogP contribution in [0.15, 0.2) is 48.5 Å². The van der Waals surface area contributed by atoms with Crippen molar-refractivity contribution >= 4 is 29.3 Å². The van der Waals surface area contributed by atoms with E-state index >= 15 is 0 Å². The van der Waals surface area contributed by atoms with Gasteiger partial charge in [-0.1, -0.05) is 12.1 Å². The zero-order chi connectivity index (χ0) is 16.7. The molecule has 0 saturated carbocycles. The molecule has 3 N–H and O–H groups in total. The van der Waals surface area contributed by atoms with Gasteiger partial charge >= 0.3 is 0 Å². The summed E-state index contributed by atoms with van der Waals surface area (Å²) in [4.78, 5) is 22.9. The van der Waals surface area contributed by atoms with E-state index in [0.29, 0.717) is 17.0 Å². The number of carbonyl (C=O) groups excluding carboxylic acids is 2. The van der Waals surface area contributed by atoms with E-state index in [9.17, 15) is 9.59 Å². The van der Waals surface area contributed by atoms with Crippen LogP contribution < -0.4 is 15.8 Å². The Labute approximate surface area is 139 Å². The van der Waals surface area contributed by atoms with Crippen molar-refractivity contribution in [3.63, 3.8) is 0 Å². The minimum absolute atomic E-state index is 0.0877. The van der Waals surface area contributed by atoms with E-state index in [0.717, 1.165) is 17.1 Å². The lowest BCUT2D eigenvalue weighted by Crippen LogP contribution is -2.15. The van der Waals surface area contributed by atoms with Gasteiger partial charge in [0, 0.05) is 17.0 Å². The summed E-state index contributed by atoms with van der Waals surface area (Å²) < 4.78 is 5.10. The largest absolute Gasteiger partial charge is 0.497 e. The van der Waals surface area contributed by atoms with Gasteiger partial charge in [-0.25, -0.2) is 0 Å². The molecule has 0 aliphatic carbocycles. The molecule has 23 heavy (non-hydrogen) atoms. The molecule has 0 aliphatic rings. The molecule has 5 nitrogen and oxygen atoms in total. The van der Waals surface area contributed by atoms with Gasteiger partial charge in [-0.05, 0) is 42.0 Å². The number of ether oxygens (including phenoxy) is 1. The monoisotopic (exact) mass is 330 g/mol. The van der Waals surface area contributed by atoms with Gasteiger partial charge in [-0.2, -0.15) is 0 Å². The Hall–Kier alpha value is -2.47. The summed E-state index contributed by atoms with van der Waals surface area (Å²) in [6.45, 7) is 0. The molecular weight excluding hydrogens is 312 g/mol. The number of anilines is 1. The highest BCUT2D eigenvalue weighted by Gasteiger charge is 2.05. The zero-order valence-electron chi connectivity index (χ0n) is 12.7. The maximum Gasteiger partial charge on any atom is 0.248 e. The van der Waals surface area contributed by atoms with Crippen molar-refractivity contribution in [2.45, 2.75) is 5.75 Å². The van der Waals surface area contributed by atoms with Crippen molar-refractivity contribution < 1.29 is 14.3 Å². The van der Waals surface area contributed by atoms with Crippen LogP contribution in [0.2, 0.25) is 0 Å². The maximum atomic E-state index is 11.9. The molecule has 2 aromatic rings. The van der Waals surface area contributed by atoms with Crippen LogP contribution in [0.1, 0.15) is 15.9 Å². The van der Waals surface area contributed by atoms with Gasteiger partial charge < -0.3 is 15.8 Å². The van der Waals surface area contributed by atoms with Crippen LogP contribution >= 0.6 is 11.8 Å². The first kappa shape index (κ1) is 16.9. The number of thioether (sulfide) groups is 1. The Morgan fingerprint density at radius 3 is 2.30 bits per heavy atom. The van der Waals surface area contributed by atoms with Crippen LogP contribution in [0, 0.1) is 0 Å². The molecule has 0 aliphatic heterocycles. The van der Waals surface area contributed by atoms with Gasteiger partial charge in [0.25, 0.3) is 0 Å². The van der Waals surface area contributed by atoms with Gasteiger partial charge in [0.1, 0.15) is 5.75 Å². The Morgan fingerprint density at radius 1 is 1.09 bits per heavy atom. The Morgan fingerprint density at radius 2 is 1.74 bits per heavy atom. The van der Waals surface area contributed by atoms with Crippen molar-refractivity contribution in [2.24, 2.45) is 5.73 Å². The normalized spacial score (nSPS) is 10.1. The third-order valence-corrected chi connectivity index (χ3v) is 4.12. The lowest BCUT2D eigenvalue weighted by Gasteiger charge is -2.06. The lowest BCUT2D eigenvalue weighted by molar-refractivity contribution is -0.113. The third kappa shape index (κ3) is 5.34. The lowest BCUT2D eigenvalue weighted by atomic mass is 10.2. The SMILES string of the molecule is COc1ccc(CSCC(=O)Nc2ccc(C(N)=O)cc2)cc1. The summed E-state index contributed by atoms with van der Waals surface area (Å²) >= 11 is 1.53. The third-order valence-electron chi connectivity index (χ3n) is 3.11. The van der Waals surface area contributed by atoms with E-state index in [2.05, 4.69) is 5.32 Å². The average Bonchev–Trinajstić information content (AvgIpc) is 2.56. The van der Waals surface area contributed by atoms with Crippen molar-refractivity contribution in [3.05, 3.63) is 59.7 Å². The molecule has 0 radical (unpaired) electrons. The molecule has 0 aromatic heterocycles. The Bertz CT molecular complexity index is 669. The number of hydrogen-bond acceptors (Lipinski definition) is 4. The number of primary amides is 1. The Kier molecular flexibility index (Phi) is 6.05. The van der Waals surface area contributed by atoms with Gasteiger partial charge in [0.15, 0.2) is 0 Å². The van der Waals surface area contributed by atoms with Gasteiger partial charge in [0.05, 0.1) is 12.9 Å². The predicted octanol–water partition coefficient (Wildman–Crippen LogP) is 2.67. The number of hydrogen-bond donors (Lipinski definition) is 2. The van der Waals surface area contributed by atoms with E-state index in [-0.39, 0.29) is 5.91 Å². The van der Waals surface area contributed by atoms with Crippen LogP contribution in [-0.4, -0.2) is 24.7 Å². The fourth-order valence-corrected chi connectivity index (χ4v) is 2.69. The van der Waals surface area contributed by atoms with E-state index in [4.69, 9.17) is 10.5 Å². The highest BCUT2D eigenvalue weighted by Crippen LogP contribution is 2.17. The van der Waals surface area contributed by atoms with Gasteiger partial charge in [-0.3, -0.25) is 9.59 Å². The fourth-order valence-electron chi connectivity index (χ4n) is 1.90. The molecule has 0 heterocycles. The summed E-state index contributed by atoms with van der Waals surface area (Å²) in [7, 11) is 1.63. The molecular formula is C17H18N2O3S. The highest BCUT2D eigenvalue weighted by molar-refractivity contribution is 7.99. The molecule has 6 heteroatoms. The summed E-state index contributed by atoms with van der Waals surface area (Å²) in [5.74, 6) is 1.34. The second kappa shape index (κ2) is 8.24. The van der Waals surface area contributed by atoms with Crippen LogP contribution in [0.5, 0.6) is 5.75 Å². The number of benzene rings is 2. The average molecular weight is 330 g/mol. The van der Waals surface area contributed by atoms with Crippen LogP contribution in [0.25, 0.3) is 0 Å². The molecule has 0 fully saturated rings. The first-order valence-corrected chi connectivity index (χ1v) is 8.14. The first-order chi connectivity index (χ1) is 11.1. The molecule has 0 atom stereocenters. The zero-order valence-corrected chi connectivity index (χ0v) is 13.6. The quantitative estimate of drug-likeness (QED) is 0.818. The molecule has 2 rings (SSSR count). The Balaban J connectivity index is 1.77. The summed E-state index contributed by atoms with van der Waals surface area (Å²) in [6.07, 6.45) is 0. The molecule has 0 unspecified atom stereocenters. The second-order valence-corrected chi connectivity index (χ2v) is 5.82. The molecule has 0 saturated heterocycles. The highest BCUT2D eigenvalue weighted by atomic mass is 32.2. The van der Waals surface area contributed by atoms with E-state index in [1.807, 2.05) is 24.3 Å². The topological polar surface area (TPSA) is 81.4 Å². The smallest absolute Gasteiger partial charge is 0.248 e. The van der Waals surface area contributed by atoms with Crippen molar-refractivity contribution in [1.29, 1.82) is 0 Å². The number of rotatable bonds is 7. The van der Waals surface area contributed by atoms with Crippen molar-refractivity contribution in [3.8, 4) is 5.75 Å². The van der Waals surface area contributed by atoms with Crippen LogP contribution in [0.4, 0.5) is 5.69 Å². The number of carbonyl (C=O) groups is 2. The van der Waals surface area contributed by atoms with Gasteiger partial charge in [0.2, 0.25) is 11.8 Å². The van der Waals surface area contributed by atoms with E-state index in [1.54, 1.807) is 31.4 Å². The number of nitrogens with one attached hydrogen (secondary N) is 1. The molecule has 0 bridgehead atoms. The number of methoxy groups -OCH3 is 1. The number of amides is 2. The predicted molar refractivity (Wildman–Crippen MR) is 92.7 cm³/mol. The summed E-state index contributed by atoms with van der Waals surface area (Å²) in [5, 5.41) is 2.78. The fraction of sp³-hybridized carbons (Fsp3) is 0.176. The molecule has 120 valence electrons.